The average Bonchev–Trinajstić information content (AvgIpc) is 2.52. The van der Waals surface area contributed by atoms with Crippen LogP contribution in [-0.2, 0) is 0 Å². The first kappa shape index (κ1) is 15.9. The van der Waals surface area contributed by atoms with Gasteiger partial charge in [0.2, 0.25) is 0 Å². The van der Waals surface area contributed by atoms with Crippen LogP contribution >= 0.6 is 11.8 Å². The minimum Gasteiger partial charge on any atom is -0.497 e. The molecule has 0 aliphatic carbocycles. The first-order chi connectivity index (χ1) is 10.1. The third kappa shape index (κ3) is 4.26. The fourth-order valence-electron chi connectivity index (χ4n) is 2.25. The Morgan fingerprint density at radius 3 is 2.43 bits per heavy atom. The SMILES string of the molecule is CCC(N)C(Sc1cccc(C)c1)c1ccc(OC)cc1. The van der Waals surface area contributed by atoms with Crippen molar-refractivity contribution < 1.29 is 4.74 Å². The predicted octanol–water partition coefficient (Wildman–Crippen LogP) is 4.57. The summed E-state index contributed by atoms with van der Waals surface area (Å²) in [7, 11) is 1.69. The van der Waals surface area contributed by atoms with Crippen molar-refractivity contribution in [3.8, 4) is 5.75 Å². The maximum Gasteiger partial charge on any atom is 0.118 e. The second-order valence-electron chi connectivity index (χ2n) is 5.20. The van der Waals surface area contributed by atoms with Crippen LogP contribution in [0.25, 0.3) is 0 Å². The number of aryl methyl sites for hydroxylation is 1. The number of benzene rings is 2. The van der Waals surface area contributed by atoms with E-state index >= 15 is 0 Å². The van der Waals surface area contributed by atoms with Crippen molar-refractivity contribution in [3.63, 3.8) is 0 Å². The highest BCUT2D eigenvalue weighted by atomic mass is 32.2. The third-order valence-electron chi connectivity index (χ3n) is 3.56. The van der Waals surface area contributed by atoms with Crippen LogP contribution in [0.15, 0.2) is 53.4 Å². The molecule has 0 bridgehead atoms. The van der Waals surface area contributed by atoms with Crippen LogP contribution in [0.1, 0.15) is 29.7 Å². The summed E-state index contributed by atoms with van der Waals surface area (Å²) in [5.74, 6) is 0.878. The molecule has 0 aromatic heterocycles. The van der Waals surface area contributed by atoms with Crippen molar-refractivity contribution in [3.05, 3.63) is 59.7 Å². The highest BCUT2D eigenvalue weighted by molar-refractivity contribution is 7.99. The Bertz CT molecular complexity index is 568. The van der Waals surface area contributed by atoms with E-state index < -0.39 is 0 Å². The van der Waals surface area contributed by atoms with E-state index in [0.29, 0.717) is 0 Å². The fraction of sp³-hybridized carbons (Fsp3) is 0.333. The molecule has 0 saturated heterocycles. The van der Waals surface area contributed by atoms with Crippen molar-refractivity contribution in [1.82, 2.24) is 0 Å². The predicted molar refractivity (Wildman–Crippen MR) is 91.0 cm³/mol. The summed E-state index contributed by atoms with van der Waals surface area (Å²) in [6, 6.07) is 16.9. The van der Waals surface area contributed by atoms with Gasteiger partial charge in [0.25, 0.3) is 0 Å². The van der Waals surface area contributed by atoms with E-state index in [9.17, 15) is 0 Å². The van der Waals surface area contributed by atoms with Crippen molar-refractivity contribution in [1.29, 1.82) is 0 Å². The van der Waals surface area contributed by atoms with Gasteiger partial charge in [-0.2, -0.15) is 0 Å². The van der Waals surface area contributed by atoms with Crippen LogP contribution in [0.3, 0.4) is 0 Å². The quantitative estimate of drug-likeness (QED) is 0.794. The van der Waals surface area contributed by atoms with E-state index in [-0.39, 0.29) is 11.3 Å². The zero-order chi connectivity index (χ0) is 15.2. The lowest BCUT2D eigenvalue weighted by Gasteiger charge is -2.23. The molecule has 0 spiro atoms. The molecule has 0 fully saturated rings. The van der Waals surface area contributed by atoms with E-state index in [2.05, 4.69) is 50.2 Å². The third-order valence-corrected chi connectivity index (χ3v) is 4.96. The smallest absolute Gasteiger partial charge is 0.118 e. The molecule has 2 N–H and O–H groups in total. The van der Waals surface area contributed by atoms with Gasteiger partial charge in [0.1, 0.15) is 5.75 Å². The largest absolute Gasteiger partial charge is 0.497 e. The molecule has 0 aliphatic heterocycles. The summed E-state index contributed by atoms with van der Waals surface area (Å²) < 4.78 is 5.23. The molecule has 112 valence electrons. The Kier molecular flexibility index (Phi) is 5.71. The fourth-order valence-corrected chi connectivity index (χ4v) is 3.61. The Morgan fingerprint density at radius 1 is 1.14 bits per heavy atom. The molecule has 3 heteroatoms. The molecular weight excluding hydrogens is 278 g/mol. The van der Waals surface area contributed by atoms with Crippen LogP contribution < -0.4 is 10.5 Å². The standard InChI is InChI=1S/C18H23NOS/c1-4-17(19)18(14-8-10-15(20-3)11-9-14)21-16-7-5-6-13(2)12-16/h5-12,17-18H,4,19H2,1-3H3. The first-order valence-electron chi connectivity index (χ1n) is 7.27. The van der Waals surface area contributed by atoms with Gasteiger partial charge in [-0.3, -0.25) is 0 Å². The van der Waals surface area contributed by atoms with Gasteiger partial charge < -0.3 is 10.5 Å². The van der Waals surface area contributed by atoms with E-state index in [1.165, 1.54) is 16.0 Å². The van der Waals surface area contributed by atoms with Gasteiger partial charge in [0, 0.05) is 16.2 Å². The van der Waals surface area contributed by atoms with Gasteiger partial charge in [-0.1, -0.05) is 36.8 Å². The van der Waals surface area contributed by atoms with Gasteiger partial charge in [0.05, 0.1) is 7.11 Å². The second-order valence-corrected chi connectivity index (χ2v) is 6.42. The number of nitrogens with two attached hydrogens (primary N) is 1. The number of methoxy groups -OCH3 is 1. The Balaban J connectivity index is 2.25. The van der Waals surface area contributed by atoms with Crippen molar-refractivity contribution in [2.45, 2.75) is 36.5 Å². The van der Waals surface area contributed by atoms with Crippen molar-refractivity contribution in [2.24, 2.45) is 5.73 Å². The minimum atomic E-state index is 0.129. The van der Waals surface area contributed by atoms with Crippen LogP contribution in [0.2, 0.25) is 0 Å². The first-order valence-corrected chi connectivity index (χ1v) is 8.15. The summed E-state index contributed by atoms with van der Waals surface area (Å²) >= 11 is 1.84. The summed E-state index contributed by atoms with van der Waals surface area (Å²) in [6.07, 6.45) is 0.954. The lowest BCUT2D eigenvalue weighted by molar-refractivity contribution is 0.414. The monoisotopic (exact) mass is 301 g/mol. The maximum absolute atomic E-state index is 6.35. The molecule has 0 radical (unpaired) electrons. The summed E-state index contributed by atoms with van der Waals surface area (Å²) in [5.41, 5.74) is 8.88. The van der Waals surface area contributed by atoms with Crippen LogP contribution in [0.5, 0.6) is 5.75 Å². The zero-order valence-corrected chi connectivity index (χ0v) is 13.7. The highest BCUT2D eigenvalue weighted by Gasteiger charge is 2.20. The van der Waals surface area contributed by atoms with Gasteiger partial charge >= 0.3 is 0 Å². The Labute approximate surface area is 131 Å². The Morgan fingerprint density at radius 2 is 1.86 bits per heavy atom. The van der Waals surface area contributed by atoms with E-state index in [0.717, 1.165) is 12.2 Å². The molecule has 0 aliphatic rings. The lowest BCUT2D eigenvalue weighted by atomic mass is 10.0. The molecule has 2 nitrogen and oxygen atoms in total. The molecular formula is C18H23NOS. The van der Waals surface area contributed by atoms with Gasteiger partial charge in [0.15, 0.2) is 0 Å². The van der Waals surface area contributed by atoms with Gasteiger partial charge in [-0.25, -0.2) is 0 Å². The number of ether oxygens (including phenoxy) is 1. The second kappa shape index (κ2) is 7.53. The average molecular weight is 301 g/mol. The molecule has 0 amide bonds. The molecule has 0 heterocycles. The molecule has 2 unspecified atom stereocenters. The molecule has 2 aromatic carbocycles. The normalized spacial score (nSPS) is 13.7. The van der Waals surface area contributed by atoms with Crippen LogP contribution in [-0.4, -0.2) is 13.2 Å². The van der Waals surface area contributed by atoms with E-state index in [4.69, 9.17) is 10.5 Å². The number of thioether (sulfide) groups is 1. The van der Waals surface area contributed by atoms with Gasteiger partial charge in [-0.05, 0) is 43.2 Å². The maximum atomic E-state index is 6.35. The highest BCUT2D eigenvalue weighted by Crippen LogP contribution is 2.38. The number of hydrogen-bond acceptors (Lipinski definition) is 3. The topological polar surface area (TPSA) is 35.2 Å². The lowest BCUT2D eigenvalue weighted by Crippen LogP contribution is -2.25. The van der Waals surface area contributed by atoms with Crippen molar-refractivity contribution in [2.75, 3.05) is 7.11 Å². The van der Waals surface area contributed by atoms with Crippen LogP contribution in [0.4, 0.5) is 0 Å². The zero-order valence-electron chi connectivity index (χ0n) is 12.9. The van der Waals surface area contributed by atoms with Gasteiger partial charge in [-0.15, -0.1) is 11.8 Å². The summed E-state index contributed by atoms with van der Waals surface area (Å²) in [5, 5.41) is 0.253. The van der Waals surface area contributed by atoms with E-state index in [1.807, 2.05) is 23.9 Å². The molecule has 21 heavy (non-hydrogen) atoms. The van der Waals surface area contributed by atoms with Crippen molar-refractivity contribution >= 4 is 11.8 Å². The number of rotatable bonds is 6. The molecule has 2 aromatic rings. The molecule has 2 atom stereocenters. The minimum absolute atomic E-state index is 0.129. The summed E-state index contributed by atoms with van der Waals surface area (Å²) in [4.78, 5) is 1.26. The molecule has 0 saturated carbocycles. The van der Waals surface area contributed by atoms with E-state index in [1.54, 1.807) is 7.11 Å². The Hall–Kier alpha value is -1.45. The molecule has 2 rings (SSSR count). The summed E-state index contributed by atoms with van der Waals surface area (Å²) in [6.45, 7) is 4.25. The van der Waals surface area contributed by atoms with Crippen LogP contribution in [0, 0.1) is 6.92 Å². The number of hydrogen-bond donors (Lipinski definition) is 1.